The van der Waals surface area contributed by atoms with Crippen LogP contribution in [0.2, 0.25) is 0 Å². The number of piperidine rings is 1. The lowest BCUT2D eigenvalue weighted by atomic mass is 9.97. The van der Waals surface area contributed by atoms with Crippen LogP contribution in [0.1, 0.15) is 24.0 Å². The Labute approximate surface area is 172 Å². The van der Waals surface area contributed by atoms with E-state index in [1.54, 1.807) is 4.90 Å². The van der Waals surface area contributed by atoms with E-state index in [1.165, 1.54) is 5.56 Å². The van der Waals surface area contributed by atoms with E-state index in [9.17, 15) is 9.59 Å². The predicted molar refractivity (Wildman–Crippen MR) is 114 cm³/mol. The molecular weight excluding hydrogens is 366 g/mol. The molecule has 29 heavy (non-hydrogen) atoms. The number of nitrogens with zero attached hydrogens (tertiary/aromatic N) is 1. The maximum atomic E-state index is 12.5. The highest BCUT2D eigenvalue weighted by atomic mass is 16.5. The van der Waals surface area contributed by atoms with E-state index >= 15 is 0 Å². The van der Waals surface area contributed by atoms with Gasteiger partial charge >= 0.3 is 6.03 Å². The Morgan fingerprint density at radius 1 is 1.14 bits per heavy atom. The zero-order valence-electron chi connectivity index (χ0n) is 17.1. The maximum absolute atomic E-state index is 12.5. The van der Waals surface area contributed by atoms with E-state index in [-0.39, 0.29) is 17.9 Å². The molecule has 0 saturated carbocycles. The lowest BCUT2D eigenvalue weighted by Gasteiger charge is -2.32. The third kappa shape index (κ3) is 5.98. The molecule has 6 nitrogen and oxygen atoms in total. The van der Waals surface area contributed by atoms with Gasteiger partial charge in [-0.25, -0.2) is 4.79 Å². The zero-order chi connectivity index (χ0) is 20.6. The number of urea groups is 1. The predicted octanol–water partition coefficient (Wildman–Crippen LogP) is 3.74. The summed E-state index contributed by atoms with van der Waals surface area (Å²) in [5, 5.41) is 5.83. The largest absolute Gasteiger partial charge is 0.491 e. The van der Waals surface area contributed by atoms with E-state index in [0.717, 1.165) is 29.8 Å². The molecule has 1 saturated heterocycles. The van der Waals surface area contributed by atoms with Crippen molar-refractivity contribution in [3.05, 3.63) is 59.7 Å². The second kappa shape index (κ2) is 9.96. The highest BCUT2D eigenvalue weighted by Gasteiger charge is 2.28. The van der Waals surface area contributed by atoms with Crippen molar-refractivity contribution in [2.45, 2.75) is 26.7 Å². The summed E-state index contributed by atoms with van der Waals surface area (Å²) >= 11 is 0. The lowest BCUT2D eigenvalue weighted by Crippen LogP contribution is -2.47. The monoisotopic (exact) mass is 395 g/mol. The van der Waals surface area contributed by atoms with Crippen LogP contribution < -0.4 is 15.4 Å². The molecule has 0 radical (unpaired) electrons. The summed E-state index contributed by atoms with van der Waals surface area (Å²) in [6.07, 6.45) is 1.61. The highest BCUT2D eigenvalue weighted by molar-refractivity contribution is 5.90. The van der Waals surface area contributed by atoms with Gasteiger partial charge in [0.25, 0.3) is 0 Å². The average molecular weight is 396 g/mol. The summed E-state index contributed by atoms with van der Waals surface area (Å²) in [5.41, 5.74) is 3.04. The third-order valence-electron chi connectivity index (χ3n) is 5.09. The fourth-order valence-electron chi connectivity index (χ4n) is 3.54. The van der Waals surface area contributed by atoms with Gasteiger partial charge in [-0.1, -0.05) is 35.9 Å². The Morgan fingerprint density at radius 3 is 2.69 bits per heavy atom. The molecule has 1 fully saturated rings. The van der Waals surface area contributed by atoms with Crippen molar-refractivity contribution >= 4 is 17.6 Å². The number of anilines is 1. The number of rotatable bonds is 6. The lowest BCUT2D eigenvalue weighted by molar-refractivity contribution is -0.126. The molecule has 2 aromatic rings. The minimum absolute atomic E-state index is 0.0218. The van der Waals surface area contributed by atoms with Crippen LogP contribution in [-0.2, 0) is 4.79 Å². The van der Waals surface area contributed by atoms with Crippen LogP contribution in [0.25, 0.3) is 0 Å². The van der Waals surface area contributed by atoms with Gasteiger partial charge in [-0.2, -0.15) is 0 Å². The van der Waals surface area contributed by atoms with Gasteiger partial charge in [-0.05, 0) is 50.5 Å². The Balaban J connectivity index is 1.42. The number of carbonyl (C=O) groups excluding carboxylic acids is 2. The molecule has 1 aliphatic rings. The van der Waals surface area contributed by atoms with Gasteiger partial charge in [0.15, 0.2) is 0 Å². The van der Waals surface area contributed by atoms with E-state index in [1.807, 2.05) is 56.3 Å². The molecule has 3 rings (SSSR count). The van der Waals surface area contributed by atoms with Crippen molar-refractivity contribution in [2.24, 2.45) is 5.92 Å². The standard InChI is InChI=1S/C23H29N3O3/c1-17-10-11-21(18(2)15-17)29-14-12-24-22(27)19-7-6-13-26(16-19)23(28)25-20-8-4-3-5-9-20/h3-5,8-11,15,19H,6-7,12-14,16H2,1-2H3,(H,24,27)(H,25,28)/t19-/m0/s1. The van der Waals surface area contributed by atoms with Crippen LogP contribution in [0.3, 0.4) is 0 Å². The van der Waals surface area contributed by atoms with Crippen LogP contribution in [0, 0.1) is 19.8 Å². The number of hydrogen-bond donors (Lipinski definition) is 2. The molecule has 1 heterocycles. The first-order valence-electron chi connectivity index (χ1n) is 10.1. The maximum Gasteiger partial charge on any atom is 0.321 e. The van der Waals surface area contributed by atoms with Crippen LogP contribution in [0.4, 0.5) is 10.5 Å². The minimum atomic E-state index is -0.189. The van der Waals surface area contributed by atoms with Crippen molar-refractivity contribution in [3.63, 3.8) is 0 Å². The van der Waals surface area contributed by atoms with Crippen LogP contribution >= 0.6 is 0 Å². The minimum Gasteiger partial charge on any atom is -0.491 e. The molecule has 1 aliphatic heterocycles. The van der Waals surface area contributed by atoms with Gasteiger partial charge in [0.1, 0.15) is 12.4 Å². The molecule has 6 heteroatoms. The summed E-state index contributed by atoms with van der Waals surface area (Å²) in [6, 6.07) is 15.2. The number of ether oxygens (including phenoxy) is 1. The topological polar surface area (TPSA) is 70.7 Å². The number of likely N-dealkylation sites (tertiary alicyclic amines) is 1. The number of nitrogens with one attached hydrogen (secondary N) is 2. The number of para-hydroxylation sites is 1. The van der Waals surface area contributed by atoms with Crippen molar-refractivity contribution in [1.29, 1.82) is 0 Å². The number of amides is 3. The van der Waals surface area contributed by atoms with Gasteiger partial charge in [-0.15, -0.1) is 0 Å². The van der Waals surface area contributed by atoms with E-state index in [0.29, 0.717) is 26.2 Å². The normalized spacial score (nSPS) is 16.2. The van der Waals surface area contributed by atoms with Crippen molar-refractivity contribution in [2.75, 3.05) is 31.6 Å². The Morgan fingerprint density at radius 2 is 1.93 bits per heavy atom. The van der Waals surface area contributed by atoms with Gasteiger partial charge in [0.2, 0.25) is 5.91 Å². The van der Waals surface area contributed by atoms with Gasteiger partial charge in [0, 0.05) is 18.8 Å². The number of aryl methyl sites for hydroxylation is 2. The second-order valence-corrected chi connectivity index (χ2v) is 7.49. The first-order valence-corrected chi connectivity index (χ1v) is 10.1. The van der Waals surface area contributed by atoms with Gasteiger partial charge < -0.3 is 20.3 Å². The zero-order valence-corrected chi connectivity index (χ0v) is 17.1. The molecule has 1 atom stereocenters. The number of hydrogen-bond acceptors (Lipinski definition) is 3. The summed E-state index contributed by atoms with van der Waals surface area (Å²) < 4.78 is 5.77. The van der Waals surface area contributed by atoms with E-state index in [4.69, 9.17) is 4.74 Å². The number of carbonyl (C=O) groups is 2. The second-order valence-electron chi connectivity index (χ2n) is 7.49. The third-order valence-corrected chi connectivity index (χ3v) is 5.09. The summed E-state index contributed by atoms with van der Waals surface area (Å²) in [7, 11) is 0. The smallest absolute Gasteiger partial charge is 0.321 e. The molecule has 0 aromatic heterocycles. The van der Waals surface area contributed by atoms with Crippen molar-refractivity contribution in [1.82, 2.24) is 10.2 Å². The summed E-state index contributed by atoms with van der Waals surface area (Å²) in [4.78, 5) is 26.7. The Bertz CT molecular complexity index is 839. The molecule has 2 aromatic carbocycles. The van der Waals surface area contributed by atoms with Crippen LogP contribution in [0.5, 0.6) is 5.75 Å². The van der Waals surface area contributed by atoms with Crippen LogP contribution in [-0.4, -0.2) is 43.1 Å². The van der Waals surface area contributed by atoms with Crippen molar-refractivity contribution in [3.8, 4) is 5.75 Å². The summed E-state index contributed by atoms with van der Waals surface area (Å²) in [6.45, 7) is 6.02. The average Bonchev–Trinajstić information content (AvgIpc) is 2.73. The van der Waals surface area contributed by atoms with Crippen molar-refractivity contribution < 1.29 is 14.3 Å². The Kier molecular flexibility index (Phi) is 7.11. The first-order chi connectivity index (χ1) is 14.0. The SMILES string of the molecule is Cc1ccc(OCCNC(=O)[C@H]2CCCN(C(=O)Nc3ccccc3)C2)c(C)c1. The molecule has 0 aliphatic carbocycles. The molecule has 3 amide bonds. The van der Waals surface area contributed by atoms with Crippen LogP contribution in [0.15, 0.2) is 48.5 Å². The van der Waals surface area contributed by atoms with Gasteiger partial charge in [-0.3, -0.25) is 4.79 Å². The molecular formula is C23H29N3O3. The summed E-state index contributed by atoms with van der Waals surface area (Å²) in [5.74, 6) is 0.629. The van der Waals surface area contributed by atoms with E-state index < -0.39 is 0 Å². The Hall–Kier alpha value is -3.02. The molecule has 0 bridgehead atoms. The molecule has 2 N–H and O–H groups in total. The fourth-order valence-corrected chi connectivity index (χ4v) is 3.54. The fraction of sp³-hybridized carbons (Fsp3) is 0.391. The van der Waals surface area contributed by atoms with Gasteiger partial charge in [0.05, 0.1) is 12.5 Å². The molecule has 0 unspecified atom stereocenters. The quantitative estimate of drug-likeness (QED) is 0.732. The first kappa shape index (κ1) is 20.7. The van der Waals surface area contributed by atoms with E-state index in [2.05, 4.69) is 16.7 Å². The molecule has 0 spiro atoms. The number of benzene rings is 2. The molecule has 154 valence electrons. The highest BCUT2D eigenvalue weighted by Crippen LogP contribution is 2.19.